The number of nitrogens with one attached hydrogen (secondary N) is 2. The van der Waals surface area contributed by atoms with E-state index in [-0.39, 0.29) is 23.9 Å². The monoisotopic (exact) mass is 503 g/mol. The quantitative estimate of drug-likeness (QED) is 0.303. The van der Waals surface area contributed by atoms with Gasteiger partial charge in [-0.25, -0.2) is 0 Å². The highest BCUT2D eigenvalue weighted by Crippen LogP contribution is 2.45. The van der Waals surface area contributed by atoms with Crippen LogP contribution < -0.4 is 10.6 Å². The van der Waals surface area contributed by atoms with Gasteiger partial charge in [0, 0.05) is 37.7 Å². The third-order valence-electron chi connectivity index (χ3n) is 7.58. The largest absolute Gasteiger partial charge is 0.412 e. The average molecular weight is 504 g/mol. The highest BCUT2D eigenvalue weighted by atomic mass is 35.5. The fraction of sp³-hybridized carbons (Fsp3) is 0.778. The molecule has 202 valence electrons. The molecule has 1 saturated heterocycles. The molecular weight excluding hydrogens is 450 g/mol. The third kappa shape index (κ3) is 10.5. The maximum Gasteiger partial charge on any atom is 0.0459 e. The molecule has 2 fully saturated rings. The first kappa shape index (κ1) is 35.4. The lowest BCUT2D eigenvalue weighted by Crippen LogP contribution is -2.53. The number of benzene rings is 1. The summed E-state index contributed by atoms with van der Waals surface area (Å²) in [4.78, 5) is 2.72. The molecule has 0 aromatic heterocycles. The molecule has 1 aromatic rings. The molecule has 0 bridgehead atoms. The van der Waals surface area contributed by atoms with Gasteiger partial charge in [0.15, 0.2) is 0 Å². The number of hydrogen-bond acceptors (Lipinski definition) is 3. The zero-order valence-corrected chi connectivity index (χ0v) is 21.9. The van der Waals surface area contributed by atoms with Crippen LogP contribution in [0.15, 0.2) is 30.3 Å². The van der Waals surface area contributed by atoms with Crippen molar-refractivity contribution >= 4 is 11.6 Å². The third-order valence-corrected chi connectivity index (χ3v) is 8.02. The van der Waals surface area contributed by atoms with Gasteiger partial charge in [-0.05, 0) is 67.4 Å². The van der Waals surface area contributed by atoms with Crippen LogP contribution in [0.25, 0.3) is 0 Å². The summed E-state index contributed by atoms with van der Waals surface area (Å²) in [6.45, 7) is 15.1. The molecule has 6 nitrogen and oxygen atoms in total. The van der Waals surface area contributed by atoms with E-state index >= 15 is 0 Å². The maximum absolute atomic E-state index is 6.37. The lowest BCUT2D eigenvalue weighted by Gasteiger charge is -2.49. The number of alkyl halides is 1. The fourth-order valence-electron chi connectivity index (χ4n) is 5.79. The van der Waals surface area contributed by atoms with Gasteiger partial charge in [-0.1, -0.05) is 65.5 Å². The first-order valence-electron chi connectivity index (χ1n) is 12.2. The zero-order chi connectivity index (χ0) is 21.6. The SMILES string of the molecule is C.CC(C)[C@H](CN1CCC(C2CCC(Cl)CC2)C(C)(C)C1)NCNCc1ccccc1.O.O.O. The Hall–Kier alpha value is -0.730. The minimum atomic E-state index is 0. The molecule has 0 spiro atoms. The van der Waals surface area contributed by atoms with Crippen molar-refractivity contribution in [2.24, 2.45) is 23.2 Å². The summed E-state index contributed by atoms with van der Waals surface area (Å²) in [5, 5.41) is 7.76. The number of halogens is 1. The van der Waals surface area contributed by atoms with Gasteiger partial charge < -0.3 is 32.0 Å². The van der Waals surface area contributed by atoms with Gasteiger partial charge in [-0.3, -0.25) is 0 Å². The second-order valence-electron chi connectivity index (χ2n) is 10.8. The predicted octanol–water partition coefficient (Wildman–Crippen LogP) is 3.66. The Morgan fingerprint density at radius 3 is 2.18 bits per heavy atom. The molecule has 34 heavy (non-hydrogen) atoms. The molecule has 3 rings (SSSR count). The van der Waals surface area contributed by atoms with Crippen LogP contribution in [0.2, 0.25) is 0 Å². The van der Waals surface area contributed by atoms with Gasteiger partial charge in [0.2, 0.25) is 0 Å². The van der Waals surface area contributed by atoms with Crippen molar-refractivity contribution in [2.75, 3.05) is 26.3 Å². The minimum Gasteiger partial charge on any atom is -0.412 e. The van der Waals surface area contributed by atoms with E-state index in [1.807, 2.05) is 0 Å². The normalized spacial score (nSPS) is 25.2. The summed E-state index contributed by atoms with van der Waals surface area (Å²) >= 11 is 6.37. The number of piperidine rings is 1. The molecule has 1 saturated carbocycles. The van der Waals surface area contributed by atoms with Crippen LogP contribution in [-0.2, 0) is 6.54 Å². The highest BCUT2D eigenvalue weighted by Gasteiger charge is 2.41. The number of hydrogen-bond donors (Lipinski definition) is 2. The van der Waals surface area contributed by atoms with Crippen LogP contribution in [0.5, 0.6) is 0 Å². The van der Waals surface area contributed by atoms with Crippen LogP contribution in [0.3, 0.4) is 0 Å². The minimum absolute atomic E-state index is 0. The number of nitrogens with zero attached hydrogens (tertiary/aromatic N) is 1. The van der Waals surface area contributed by atoms with Crippen LogP contribution in [0.1, 0.15) is 72.8 Å². The van der Waals surface area contributed by atoms with Crippen molar-refractivity contribution in [3.8, 4) is 0 Å². The van der Waals surface area contributed by atoms with E-state index in [0.717, 1.165) is 31.6 Å². The second kappa shape index (κ2) is 16.9. The summed E-state index contributed by atoms with van der Waals surface area (Å²) in [5.74, 6) is 2.37. The highest BCUT2D eigenvalue weighted by molar-refractivity contribution is 6.20. The summed E-state index contributed by atoms with van der Waals surface area (Å²) in [5.41, 5.74) is 1.74. The molecule has 0 radical (unpaired) electrons. The van der Waals surface area contributed by atoms with E-state index in [0.29, 0.717) is 22.8 Å². The smallest absolute Gasteiger partial charge is 0.0459 e. The Balaban J connectivity index is 0. The Morgan fingerprint density at radius 2 is 1.62 bits per heavy atom. The van der Waals surface area contributed by atoms with Crippen molar-refractivity contribution in [2.45, 2.75) is 85.2 Å². The van der Waals surface area contributed by atoms with Crippen LogP contribution in [0, 0.1) is 23.2 Å². The van der Waals surface area contributed by atoms with E-state index in [1.54, 1.807) is 0 Å². The van der Waals surface area contributed by atoms with Gasteiger partial charge in [0.05, 0.1) is 0 Å². The van der Waals surface area contributed by atoms with E-state index < -0.39 is 0 Å². The molecule has 8 N–H and O–H groups in total. The summed E-state index contributed by atoms with van der Waals surface area (Å²) in [6, 6.07) is 11.2. The van der Waals surface area contributed by atoms with Gasteiger partial charge >= 0.3 is 0 Å². The molecule has 1 aromatic carbocycles. The van der Waals surface area contributed by atoms with E-state index in [9.17, 15) is 0 Å². The van der Waals surface area contributed by atoms with Crippen molar-refractivity contribution in [1.29, 1.82) is 0 Å². The Bertz CT molecular complexity index is 625. The Labute approximate surface area is 214 Å². The van der Waals surface area contributed by atoms with E-state index in [4.69, 9.17) is 11.6 Å². The topological polar surface area (TPSA) is 122 Å². The molecular formula is C27H54ClN3O3. The maximum atomic E-state index is 6.37. The molecule has 1 aliphatic carbocycles. The van der Waals surface area contributed by atoms with Gasteiger partial charge in [-0.2, -0.15) is 0 Å². The average Bonchev–Trinajstić information content (AvgIpc) is 2.71. The molecule has 2 atom stereocenters. The Kier molecular flexibility index (Phi) is 17.6. The van der Waals surface area contributed by atoms with Crippen molar-refractivity contribution in [3.05, 3.63) is 35.9 Å². The summed E-state index contributed by atoms with van der Waals surface area (Å²) in [6.07, 6.45) is 6.47. The Morgan fingerprint density at radius 1 is 1.00 bits per heavy atom. The lowest BCUT2D eigenvalue weighted by atomic mass is 9.64. The van der Waals surface area contributed by atoms with Crippen molar-refractivity contribution in [1.82, 2.24) is 15.5 Å². The molecule has 1 heterocycles. The molecule has 1 aliphatic heterocycles. The zero-order valence-electron chi connectivity index (χ0n) is 21.2. The van der Waals surface area contributed by atoms with Crippen molar-refractivity contribution in [3.63, 3.8) is 0 Å². The first-order chi connectivity index (χ1) is 14.3. The van der Waals surface area contributed by atoms with Crippen molar-refractivity contribution < 1.29 is 16.4 Å². The van der Waals surface area contributed by atoms with E-state index in [2.05, 4.69) is 73.6 Å². The number of rotatable bonds is 9. The molecule has 7 heteroatoms. The van der Waals surface area contributed by atoms with Crippen LogP contribution in [-0.4, -0.2) is 59.1 Å². The van der Waals surface area contributed by atoms with Crippen LogP contribution >= 0.6 is 11.6 Å². The molecule has 0 amide bonds. The lowest BCUT2D eigenvalue weighted by molar-refractivity contribution is 0.00476. The summed E-state index contributed by atoms with van der Waals surface area (Å²) < 4.78 is 0. The predicted molar refractivity (Wildman–Crippen MR) is 147 cm³/mol. The number of likely N-dealkylation sites (tertiary alicyclic amines) is 1. The fourth-order valence-corrected chi connectivity index (χ4v) is 6.04. The molecule has 2 aliphatic rings. The second-order valence-corrected chi connectivity index (χ2v) is 11.4. The van der Waals surface area contributed by atoms with Gasteiger partial charge in [0.1, 0.15) is 0 Å². The summed E-state index contributed by atoms with van der Waals surface area (Å²) in [7, 11) is 0. The first-order valence-corrected chi connectivity index (χ1v) is 12.6. The standard InChI is InChI=1S/C26H44ClN3.CH4.3H2O/c1-20(2)25(29-19-28-16-21-8-6-5-7-9-21)17-30-15-14-24(26(3,4)18-30)22-10-12-23(27)13-11-22;;;;/h5-9,20,22-25,28-29H,10-19H2,1-4H3;1H4;3*1H2/t22?,23?,24?,25-;;;;/m0..../s1. The van der Waals surface area contributed by atoms with E-state index in [1.165, 1.54) is 50.8 Å². The van der Waals surface area contributed by atoms with Gasteiger partial charge in [-0.15, -0.1) is 11.6 Å². The van der Waals surface area contributed by atoms with Crippen LogP contribution in [0.4, 0.5) is 0 Å². The molecule has 1 unspecified atom stereocenters. The van der Waals surface area contributed by atoms with Gasteiger partial charge in [0.25, 0.3) is 0 Å².